The molecule has 0 unspecified atom stereocenters. The number of benzene rings is 1. The smallest absolute Gasteiger partial charge is 0.258 e. The number of carbonyl (C=O) groups excluding carboxylic acids is 1. The number of nitrogens with two attached hydrogens (primary N) is 1. The Kier molecular flexibility index (Phi) is 4.77. The van der Waals surface area contributed by atoms with Gasteiger partial charge in [-0.25, -0.2) is 13.6 Å². The van der Waals surface area contributed by atoms with Gasteiger partial charge >= 0.3 is 0 Å². The summed E-state index contributed by atoms with van der Waals surface area (Å²) in [5, 5.41) is 7.84. The number of carbonyl (C=O) groups is 1. The molecule has 1 aromatic rings. The van der Waals surface area contributed by atoms with E-state index in [0.29, 0.717) is 0 Å². The van der Waals surface area contributed by atoms with Gasteiger partial charge in [0.1, 0.15) is 10.6 Å². The van der Waals surface area contributed by atoms with Crippen molar-refractivity contribution in [1.29, 1.82) is 0 Å². The van der Waals surface area contributed by atoms with Crippen molar-refractivity contribution in [3.8, 4) is 5.75 Å². The van der Waals surface area contributed by atoms with Gasteiger partial charge in [-0.3, -0.25) is 4.79 Å². The van der Waals surface area contributed by atoms with Crippen molar-refractivity contribution in [1.82, 2.24) is 5.32 Å². The van der Waals surface area contributed by atoms with Crippen LogP contribution in [-0.2, 0) is 14.8 Å². The molecule has 112 valence electrons. The molecule has 3 N–H and O–H groups in total. The van der Waals surface area contributed by atoms with E-state index in [1.54, 1.807) is 13.0 Å². The molecule has 0 heterocycles. The second kappa shape index (κ2) is 5.80. The monoisotopic (exact) mass is 300 g/mol. The van der Waals surface area contributed by atoms with Gasteiger partial charge in [-0.1, -0.05) is 6.07 Å². The van der Waals surface area contributed by atoms with Crippen LogP contribution >= 0.6 is 0 Å². The van der Waals surface area contributed by atoms with Gasteiger partial charge in [-0.05, 0) is 45.4 Å². The fourth-order valence-corrected chi connectivity index (χ4v) is 2.31. The number of hydrogen-bond acceptors (Lipinski definition) is 4. The first-order chi connectivity index (χ1) is 8.99. The van der Waals surface area contributed by atoms with Gasteiger partial charge in [0.15, 0.2) is 6.61 Å². The molecule has 0 saturated carbocycles. The highest BCUT2D eigenvalue weighted by Gasteiger charge is 2.18. The minimum Gasteiger partial charge on any atom is -0.482 e. The molecule has 0 aromatic heterocycles. The molecule has 6 nitrogen and oxygen atoms in total. The van der Waals surface area contributed by atoms with Crippen molar-refractivity contribution in [2.75, 3.05) is 6.61 Å². The molecule has 0 atom stereocenters. The van der Waals surface area contributed by atoms with E-state index in [2.05, 4.69) is 5.32 Å². The number of ether oxygens (including phenoxy) is 1. The van der Waals surface area contributed by atoms with Gasteiger partial charge in [-0.15, -0.1) is 0 Å². The largest absolute Gasteiger partial charge is 0.482 e. The zero-order valence-electron chi connectivity index (χ0n) is 12.1. The summed E-state index contributed by atoms with van der Waals surface area (Å²) in [6.45, 7) is 6.99. The lowest BCUT2D eigenvalue weighted by Gasteiger charge is -2.20. The predicted octanol–water partition coefficient (Wildman–Crippen LogP) is 0.936. The zero-order chi connectivity index (χ0) is 15.6. The lowest BCUT2D eigenvalue weighted by molar-refractivity contribution is -0.124. The van der Waals surface area contributed by atoms with Crippen LogP contribution in [0, 0.1) is 6.92 Å². The fourth-order valence-electron chi connectivity index (χ4n) is 1.55. The van der Waals surface area contributed by atoms with Crippen LogP contribution < -0.4 is 15.2 Å². The van der Waals surface area contributed by atoms with Gasteiger partial charge in [0.05, 0.1) is 0 Å². The molecule has 1 rings (SSSR count). The SMILES string of the molecule is Cc1ccc(OCC(=O)NC(C)(C)C)c(S(N)(=O)=O)c1. The predicted molar refractivity (Wildman–Crippen MR) is 75.9 cm³/mol. The highest BCUT2D eigenvalue weighted by molar-refractivity contribution is 7.89. The van der Waals surface area contributed by atoms with E-state index < -0.39 is 10.0 Å². The van der Waals surface area contributed by atoms with Crippen LogP contribution in [0.2, 0.25) is 0 Å². The van der Waals surface area contributed by atoms with Crippen molar-refractivity contribution >= 4 is 15.9 Å². The second-order valence-electron chi connectivity index (χ2n) is 5.58. The number of sulfonamides is 1. The molecule has 0 aliphatic carbocycles. The Hall–Kier alpha value is -1.60. The van der Waals surface area contributed by atoms with Crippen LogP contribution in [0.25, 0.3) is 0 Å². The van der Waals surface area contributed by atoms with Crippen LogP contribution in [0.5, 0.6) is 5.75 Å². The third kappa shape index (κ3) is 5.18. The molecule has 0 saturated heterocycles. The van der Waals surface area contributed by atoms with E-state index in [9.17, 15) is 13.2 Å². The van der Waals surface area contributed by atoms with E-state index >= 15 is 0 Å². The van der Waals surface area contributed by atoms with Crippen molar-refractivity contribution < 1.29 is 17.9 Å². The third-order valence-electron chi connectivity index (χ3n) is 2.28. The maximum Gasteiger partial charge on any atom is 0.258 e. The minimum atomic E-state index is -3.90. The molecule has 0 aliphatic heterocycles. The number of amides is 1. The van der Waals surface area contributed by atoms with Gasteiger partial charge < -0.3 is 10.1 Å². The van der Waals surface area contributed by atoms with Crippen LogP contribution in [0.4, 0.5) is 0 Å². The Morgan fingerprint density at radius 3 is 2.45 bits per heavy atom. The highest BCUT2D eigenvalue weighted by Crippen LogP contribution is 2.23. The minimum absolute atomic E-state index is 0.0714. The molecule has 20 heavy (non-hydrogen) atoms. The maximum atomic E-state index is 11.6. The van der Waals surface area contributed by atoms with Gasteiger partial charge in [0.25, 0.3) is 5.91 Å². The summed E-state index contributed by atoms with van der Waals surface area (Å²) < 4.78 is 28.2. The van der Waals surface area contributed by atoms with Crippen LogP contribution in [0.3, 0.4) is 0 Å². The van der Waals surface area contributed by atoms with E-state index in [1.165, 1.54) is 12.1 Å². The number of nitrogens with one attached hydrogen (secondary N) is 1. The summed E-state index contributed by atoms with van der Waals surface area (Å²) in [5.74, 6) is -0.263. The molecule has 0 spiro atoms. The molecular formula is C13H20N2O4S. The molecule has 0 bridgehead atoms. The maximum absolute atomic E-state index is 11.6. The Morgan fingerprint density at radius 2 is 1.95 bits per heavy atom. The van der Waals surface area contributed by atoms with Gasteiger partial charge in [0, 0.05) is 5.54 Å². The summed E-state index contributed by atoms with van der Waals surface area (Å²) >= 11 is 0. The zero-order valence-corrected chi connectivity index (χ0v) is 12.9. The molecule has 0 aliphatic rings. The summed E-state index contributed by atoms with van der Waals surface area (Å²) in [6.07, 6.45) is 0. The molecule has 0 fully saturated rings. The third-order valence-corrected chi connectivity index (χ3v) is 3.21. The first kappa shape index (κ1) is 16.5. The first-order valence-corrected chi connectivity index (χ1v) is 7.61. The Labute approximate surface area is 119 Å². The topological polar surface area (TPSA) is 98.5 Å². The van der Waals surface area contributed by atoms with Crippen molar-refractivity contribution in [3.05, 3.63) is 23.8 Å². The van der Waals surface area contributed by atoms with Crippen molar-refractivity contribution in [3.63, 3.8) is 0 Å². The Bertz CT molecular complexity index is 603. The van der Waals surface area contributed by atoms with Gasteiger partial charge in [-0.2, -0.15) is 0 Å². The van der Waals surface area contributed by atoms with Crippen LogP contribution in [-0.4, -0.2) is 26.5 Å². The summed E-state index contributed by atoms with van der Waals surface area (Å²) in [5.41, 5.74) is 0.358. The van der Waals surface area contributed by atoms with E-state index in [0.717, 1.165) is 5.56 Å². The summed E-state index contributed by atoms with van der Waals surface area (Å²) in [7, 11) is -3.90. The number of aryl methyl sites for hydroxylation is 1. The molecule has 1 aromatic carbocycles. The molecule has 0 radical (unpaired) electrons. The summed E-state index contributed by atoms with van der Waals surface area (Å²) in [4.78, 5) is 11.5. The van der Waals surface area contributed by atoms with Crippen molar-refractivity contribution in [2.24, 2.45) is 5.14 Å². The number of primary sulfonamides is 1. The number of hydrogen-bond donors (Lipinski definition) is 2. The Balaban J connectivity index is 2.87. The molecular weight excluding hydrogens is 280 g/mol. The number of rotatable bonds is 4. The average molecular weight is 300 g/mol. The fraction of sp³-hybridized carbons (Fsp3) is 0.462. The van der Waals surface area contributed by atoms with Gasteiger partial charge in [0.2, 0.25) is 10.0 Å². The van der Waals surface area contributed by atoms with Crippen LogP contribution in [0.15, 0.2) is 23.1 Å². The lowest BCUT2D eigenvalue weighted by atomic mass is 10.1. The van der Waals surface area contributed by atoms with E-state index in [4.69, 9.17) is 9.88 Å². The van der Waals surface area contributed by atoms with Crippen molar-refractivity contribution in [2.45, 2.75) is 38.1 Å². The second-order valence-corrected chi connectivity index (χ2v) is 7.11. The summed E-state index contributed by atoms with van der Waals surface area (Å²) in [6, 6.07) is 4.58. The molecule has 1 amide bonds. The standard InChI is InChI=1S/C13H20N2O4S/c1-9-5-6-10(11(7-9)20(14,17)18)19-8-12(16)15-13(2,3)4/h5-7H,8H2,1-4H3,(H,15,16)(H2,14,17,18). The average Bonchev–Trinajstić information content (AvgIpc) is 2.23. The van der Waals surface area contributed by atoms with Crippen LogP contribution in [0.1, 0.15) is 26.3 Å². The normalized spacial score (nSPS) is 12.1. The highest BCUT2D eigenvalue weighted by atomic mass is 32.2. The lowest BCUT2D eigenvalue weighted by Crippen LogP contribution is -2.43. The quantitative estimate of drug-likeness (QED) is 0.864. The first-order valence-electron chi connectivity index (χ1n) is 6.06. The van der Waals surface area contributed by atoms with E-state index in [-0.39, 0.29) is 28.7 Å². The van der Waals surface area contributed by atoms with E-state index in [1.807, 2.05) is 20.8 Å². The molecule has 7 heteroatoms. The Morgan fingerprint density at radius 1 is 1.35 bits per heavy atom.